The van der Waals surface area contributed by atoms with Crippen molar-refractivity contribution in [3.8, 4) is 22.0 Å². The molecule has 3 heterocycles. The largest absolute Gasteiger partial charge is 0.411 e. The number of piperidine rings is 1. The predicted molar refractivity (Wildman–Crippen MR) is 129 cm³/mol. The molecule has 2 aromatic carbocycles. The SMILES string of the molecule is O=S(=O)(c1cccc(-c2nnc(SCc3cnc(-c4ccccc4)s3)o2)c1)N1CCCCC1. The highest BCUT2D eigenvalue weighted by atomic mass is 32.2. The second kappa shape index (κ2) is 9.76. The lowest BCUT2D eigenvalue weighted by atomic mass is 10.2. The first-order chi connectivity index (χ1) is 16.1. The van der Waals surface area contributed by atoms with Gasteiger partial charge in [-0.1, -0.05) is 54.6 Å². The van der Waals surface area contributed by atoms with Crippen LogP contribution in [0.3, 0.4) is 0 Å². The average molecular weight is 499 g/mol. The lowest BCUT2D eigenvalue weighted by Gasteiger charge is -2.25. The summed E-state index contributed by atoms with van der Waals surface area (Å²) in [5.41, 5.74) is 1.69. The summed E-state index contributed by atoms with van der Waals surface area (Å²) in [5, 5.41) is 9.66. The second-order valence-electron chi connectivity index (χ2n) is 7.65. The van der Waals surface area contributed by atoms with Gasteiger partial charge in [-0.3, -0.25) is 0 Å². The van der Waals surface area contributed by atoms with Crippen LogP contribution in [0.2, 0.25) is 0 Å². The summed E-state index contributed by atoms with van der Waals surface area (Å²) in [6, 6.07) is 16.8. The van der Waals surface area contributed by atoms with Gasteiger partial charge in [0.15, 0.2) is 0 Å². The second-order valence-corrected chi connectivity index (χ2v) is 11.6. The van der Waals surface area contributed by atoms with Crippen LogP contribution in [0.1, 0.15) is 24.1 Å². The van der Waals surface area contributed by atoms with Gasteiger partial charge in [-0.05, 0) is 31.0 Å². The number of thiazole rings is 1. The van der Waals surface area contributed by atoms with Gasteiger partial charge < -0.3 is 4.42 Å². The molecule has 2 aromatic heterocycles. The number of benzene rings is 2. The van der Waals surface area contributed by atoms with Crippen molar-refractivity contribution in [1.82, 2.24) is 19.5 Å². The molecule has 0 spiro atoms. The predicted octanol–water partition coefficient (Wildman–Crippen LogP) is 5.33. The Labute approximate surface area is 200 Å². The van der Waals surface area contributed by atoms with Crippen LogP contribution >= 0.6 is 23.1 Å². The van der Waals surface area contributed by atoms with Crippen LogP contribution in [-0.2, 0) is 15.8 Å². The minimum Gasteiger partial charge on any atom is -0.411 e. The van der Waals surface area contributed by atoms with E-state index in [9.17, 15) is 8.42 Å². The Morgan fingerprint density at radius 2 is 1.76 bits per heavy atom. The highest BCUT2D eigenvalue weighted by molar-refractivity contribution is 7.98. The van der Waals surface area contributed by atoms with Crippen LogP contribution in [0.25, 0.3) is 22.0 Å². The van der Waals surface area contributed by atoms with Crippen molar-refractivity contribution in [1.29, 1.82) is 0 Å². The third-order valence-electron chi connectivity index (χ3n) is 5.35. The number of hydrogen-bond donors (Lipinski definition) is 0. The summed E-state index contributed by atoms with van der Waals surface area (Å²) in [7, 11) is -3.52. The molecule has 0 amide bonds. The van der Waals surface area contributed by atoms with Crippen LogP contribution in [-0.4, -0.2) is 41.0 Å². The Bertz CT molecular complexity index is 1330. The van der Waals surface area contributed by atoms with E-state index in [4.69, 9.17) is 4.42 Å². The van der Waals surface area contributed by atoms with Crippen molar-refractivity contribution < 1.29 is 12.8 Å². The molecule has 0 N–H and O–H groups in total. The fraction of sp³-hybridized carbons (Fsp3) is 0.261. The molecule has 0 bridgehead atoms. The zero-order valence-corrected chi connectivity index (χ0v) is 20.2. The maximum absolute atomic E-state index is 13.0. The molecule has 7 nitrogen and oxygen atoms in total. The minimum absolute atomic E-state index is 0.257. The molecule has 4 aromatic rings. The van der Waals surface area contributed by atoms with Gasteiger partial charge in [0.2, 0.25) is 15.9 Å². The third kappa shape index (κ3) is 5.03. The van der Waals surface area contributed by atoms with Crippen LogP contribution in [0, 0.1) is 0 Å². The van der Waals surface area contributed by atoms with E-state index in [0.717, 1.165) is 34.7 Å². The Hall–Kier alpha value is -2.53. The molecule has 0 saturated carbocycles. The molecular weight excluding hydrogens is 476 g/mol. The first kappa shape index (κ1) is 22.3. The van der Waals surface area contributed by atoms with E-state index in [1.165, 1.54) is 11.8 Å². The number of aromatic nitrogens is 3. The number of hydrogen-bond acceptors (Lipinski definition) is 8. The van der Waals surface area contributed by atoms with Gasteiger partial charge in [0.05, 0.1) is 4.90 Å². The summed E-state index contributed by atoms with van der Waals surface area (Å²) in [6.07, 6.45) is 4.74. The Morgan fingerprint density at radius 3 is 2.58 bits per heavy atom. The van der Waals surface area contributed by atoms with E-state index in [1.807, 2.05) is 36.5 Å². The number of thioether (sulfide) groups is 1. The van der Waals surface area contributed by atoms with Gasteiger partial charge in [0, 0.05) is 41.0 Å². The fourth-order valence-electron chi connectivity index (χ4n) is 3.65. The standard InChI is InChI=1S/C23H22N4O3S3/c28-33(29,27-12-5-2-6-13-27)20-11-7-10-18(14-20)21-25-26-23(30-21)31-16-19-15-24-22(32-19)17-8-3-1-4-9-17/h1,3-4,7-11,14-15H,2,5-6,12-13,16H2. The monoisotopic (exact) mass is 498 g/mol. The Balaban J connectivity index is 1.27. The maximum Gasteiger partial charge on any atom is 0.277 e. The summed E-state index contributed by atoms with van der Waals surface area (Å²) in [4.78, 5) is 5.86. The Kier molecular flexibility index (Phi) is 6.59. The number of nitrogens with zero attached hydrogens (tertiary/aromatic N) is 4. The minimum atomic E-state index is -3.52. The van der Waals surface area contributed by atoms with Gasteiger partial charge in [-0.15, -0.1) is 21.5 Å². The van der Waals surface area contributed by atoms with Crippen molar-refractivity contribution in [2.45, 2.75) is 35.1 Å². The highest BCUT2D eigenvalue weighted by Gasteiger charge is 2.26. The van der Waals surface area contributed by atoms with Gasteiger partial charge in [-0.2, -0.15) is 4.31 Å². The van der Waals surface area contributed by atoms with Gasteiger partial charge in [0.25, 0.3) is 5.22 Å². The van der Waals surface area contributed by atoms with Gasteiger partial charge >= 0.3 is 0 Å². The number of sulfonamides is 1. The molecule has 5 rings (SSSR count). The van der Waals surface area contributed by atoms with Crippen molar-refractivity contribution in [2.75, 3.05) is 13.1 Å². The molecular formula is C23H22N4O3S3. The highest BCUT2D eigenvalue weighted by Crippen LogP contribution is 2.31. The van der Waals surface area contributed by atoms with Crippen LogP contribution in [0.4, 0.5) is 0 Å². The summed E-state index contributed by atoms with van der Waals surface area (Å²) in [5.74, 6) is 0.970. The number of rotatable bonds is 7. The zero-order chi connectivity index (χ0) is 22.7. The molecule has 0 aliphatic carbocycles. The van der Waals surface area contributed by atoms with E-state index in [2.05, 4.69) is 15.2 Å². The van der Waals surface area contributed by atoms with Crippen LogP contribution in [0.5, 0.6) is 0 Å². The van der Waals surface area contributed by atoms with E-state index < -0.39 is 10.0 Å². The summed E-state index contributed by atoms with van der Waals surface area (Å²) in [6.45, 7) is 1.13. The van der Waals surface area contributed by atoms with E-state index >= 15 is 0 Å². The summed E-state index contributed by atoms with van der Waals surface area (Å²) >= 11 is 3.07. The van der Waals surface area contributed by atoms with Crippen LogP contribution < -0.4 is 0 Å². The normalized spacial score (nSPS) is 15.0. The molecule has 1 aliphatic heterocycles. The smallest absolute Gasteiger partial charge is 0.277 e. The molecule has 0 unspecified atom stereocenters. The molecule has 1 aliphatic rings. The molecule has 0 radical (unpaired) electrons. The molecule has 10 heteroatoms. The third-order valence-corrected chi connectivity index (χ3v) is 9.34. The first-order valence-electron chi connectivity index (χ1n) is 10.7. The van der Waals surface area contributed by atoms with Crippen molar-refractivity contribution in [3.63, 3.8) is 0 Å². The van der Waals surface area contributed by atoms with E-state index in [0.29, 0.717) is 35.5 Å². The van der Waals surface area contributed by atoms with E-state index in [-0.39, 0.29) is 4.90 Å². The Morgan fingerprint density at radius 1 is 0.970 bits per heavy atom. The quantitative estimate of drug-likeness (QED) is 0.318. The maximum atomic E-state index is 13.0. The first-order valence-corrected chi connectivity index (χ1v) is 13.9. The lowest BCUT2D eigenvalue weighted by molar-refractivity contribution is 0.346. The van der Waals surface area contributed by atoms with Gasteiger partial charge in [0.1, 0.15) is 5.01 Å². The lowest BCUT2D eigenvalue weighted by Crippen LogP contribution is -2.35. The summed E-state index contributed by atoms with van der Waals surface area (Å²) < 4.78 is 33.4. The van der Waals surface area contributed by atoms with Crippen molar-refractivity contribution in [2.24, 2.45) is 0 Å². The fourth-order valence-corrected chi connectivity index (χ4v) is 6.92. The van der Waals surface area contributed by atoms with Crippen molar-refractivity contribution >= 4 is 33.1 Å². The van der Waals surface area contributed by atoms with E-state index in [1.54, 1.807) is 39.9 Å². The van der Waals surface area contributed by atoms with Crippen molar-refractivity contribution in [3.05, 3.63) is 65.7 Å². The topological polar surface area (TPSA) is 89.2 Å². The molecule has 0 atom stereocenters. The van der Waals surface area contributed by atoms with Crippen LogP contribution in [0.15, 0.2) is 75.3 Å². The molecule has 1 fully saturated rings. The zero-order valence-electron chi connectivity index (χ0n) is 17.8. The van der Waals surface area contributed by atoms with Gasteiger partial charge in [-0.25, -0.2) is 13.4 Å². The molecule has 33 heavy (non-hydrogen) atoms. The molecule has 1 saturated heterocycles. The molecule has 170 valence electrons. The average Bonchev–Trinajstić information content (AvgIpc) is 3.54.